The second-order valence-corrected chi connectivity index (χ2v) is 7.37. The van der Waals surface area contributed by atoms with Gasteiger partial charge >= 0.3 is 6.18 Å². The highest BCUT2D eigenvalue weighted by Crippen LogP contribution is 2.40. The van der Waals surface area contributed by atoms with Crippen molar-refractivity contribution in [3.63, 3.8) is 0 Å². The number of alkyl halides is 3. The smallest absolute Gasteiger partial charge is 0.251 e. The number of aryl methyl sites for hydroxylation is 1. The number of aromatic nitrogens is 1. The fourth-order valence-corrected chi connectivity index (χ4v) is 3.91. The molecule has 1 aromatic heterocycles. The number of hydrogen-bond acceptors (Lipinski definition) is 1. The lowest BCUT2D eigenvalue weighted by Crippen LogP contribution is -2.13. The third-order valence-corrected chi connectivity index (χ3v) is 5.55. The van der Waals surface area contributed by atoms with Crippen LogP contribution in [-0.2, 0) is 12.6 Å². The number of pyridine rings is 1. The zero-order chi connectivity index (χ0) is 18.6. The van der Waals surface area contributed by atoms with Crippen molar-refractivity contribution in [1.82, 2.24) is 4.98 Å². The first-order chi connectivity index (χ1) is 12.5. The van der Waals surface area contributed by atoms with Gasteiger partial charge in [-0.3, -0.25) is 4.98 Å². The van der Waals surface area contributed by atoms with Crippen molar-refractivity contribution in [3.05, 3.63) is 65.0 Å². The maximum absolute atomic E-state index is 12.6. The van der Waals surface area contributed by atoms with Crippen molar-refractivity contribution < 1.29 is 13.2 Å². The van der Waals surface area contributed by atoms with Crippen molar-refractivity contribution in [2.45, 2.75) is 69.9 Å². The van der Waals surface area contributed by atoms with Gasteiger partial charge in [0, 0.05) is 6.20 Å². The van der Waals surface area contributed by atoms with Crippen molar-refractivity contribution in [2.75, 3.05) is 0 Å². The molecule has 26 heavy (non-hydrogen) atoms. The van der Waals surface area contributed by atoms with E-state index in [1.54, 1.807) is 6.07 Å². The van der Waals surface area contributed by atoms with Crippen LogP contribution in [0.15, 0.2) is 42.6 Å². The second-order valence-electron chi connectivity index (χ2n) is 7.37. The SMILES string of the molecule is CCCCc1ccc([C@H]2CC[C@H](c3ccc(C(F)(F)F)nc3)CC2)cc1. The highest BCUT2D eigenvalue weighted by atomic mass is 19.4. The Hall–Kier alpha value is -1.84. The van der Waals surface area contributed by atoms with E-state index >= 15 is 0 Å². The van der Waals surface area contributed by atoms with E-state index in [0.717, 1.165) is 43.7 Å². The average Bonchev–Trinajstić information content (AvgIpc) is 2.66. The van der Waals surface area contributed by atoms with Crippen LogP contribution in [0, 0.1) is 0 Å². The lowest BCUT2D eigenvalue weighted by Gasteiger charge is -2.29. The molecule has 1 fully saturated rings. The van der Waals surface area contributed by atoms with E-state index < -0.39 is 11.9 Å². The second kappa shape index (κ2) is 8.24. The molecule has 0 radical (unpaired) electrons. The fourth-order valence-electron chi connectivity index (χ4n) is 3.91. The van der Waals surface area contributed by atoms with Gasteiger partial charge in [0.1, 0.15) is 5.69 Å². The van der Waals surface area contributed by atoms with Crippen molar-refractivity contribution in [1.29, 1.82) is 0 Å². The summed E-state index contributed by atoms with van der Waals surface area (Å²) in [5.41, 5.74) is 2.93. The Balaban J connectivity index is 1.57. The molecule has 1 aliphatic carbocycles. The van der Waals surface area contributed by atoms with E-state index in [1.165, 1.54) is 30.2 Å². The molecule has 0 unspecified atom stereocenters. The van der Waals surface area contributed by atoms with E-state index in [-0.39, 0.29) is 0 Å². The van der Waals surface area contributed by atoms with Crippen LogP contribution in [0.25, 0.3) is 0 Å². The number of benzene rings is 1. The van der Waals surface area contributed by atoms with Gasteiger partial charge in [0.2, 0.25) is 0 Å². The third-order valence-electron chi connectivity index (χ3n) is 5.55. The summed E-state index contributed by atoms with van der Waals surface area (Å²) in [6.07, 6.45) is 4.82. The highest BCUT2D eigenvalue weighted by Gasteiger charge is 2.32. The van der Waals surface area contributed by atoms with Crippen LogP contribution in [0.3, 0.4) is 0 Å². The molecule has 0 atom stereocenters. The van der Waals surface area contributed by atoms with Gasteiger partial charge in [-0.05, 0) is 73.1 Å². The van der Waals surface area contributed by atoms with Gasteiger partial charge in [-0.25, -0.2) is 0 Å². The monoisotopic (exact) mass is 361 g/mol. The molecule has 0 amide bonds. The predicted molar refractivity (Wildman–Crippen MR) is 98.2 cm³/mol. The lowest BCUT2D eigenvalue weighted by molar-refractivity contribution is -0.141. The molecule has 1 heterocycles. The molecule has 1 nitrogen and oxygen atoms in total. The molecule has 0 N–H and O–H groups in total. The maximum atomic E-state index is 12.6. The molecule has 4 heteroatoms. The number of nitrogens with zero attached hydrogens (tertiary/aromatic N) is 1. The zero-order valence-electron chi connectivity index (χ0n) is 15.2. The zero-order valence-corrected chi connectivity index (χ0v) is 15.2. The molecule has 2 aromatic rings. The Labute approximate surface area is 153 Å². The van der Waals surface area contributed by atoms with Crippen molar-refractivity contribution in [3.8, 4) is 0 Å². The normalized spacial score (nSPS) is 20.9. The van der Waals surface area contributed by atoms with Gasteiger partial charge in [-0.1, -0.05) is 43.7 Å². The highest BCUT2D eigenvalue weighted by molar-refractivity contribution is 5.27. The number of rotatable bonds is 5. The standard InChI is InChI=1S/C22H26F3N/c1-2-3-4-16-5-7-17(8-6-16)18-9-11-19(12-10-18)20-13-14-21(26-15-20)22(23,24)25/h5-8,13-15,18-19H,2-4,9-12H2,1H3/t18-,19-. The summed E-state index contributed by atoms with van der Waals surface area (Å²) < 4.78 is 37.9. The van der Waals surface area contributed by atoms with Crippen LogP contribution >= 0.6 is 0 Å². The largest absolute Gasteiger partial charge is 0.433 e. The molecule has 1 aromatic carbocycles. The summed E-state index contributed by atoms with van der Waals surface area (Å²) in [4.78, 5) is 3.61. The minimum atomic E-state index is -4.36. The maximum Gasteiger partial charge on any atom is 0.433 e. The van der Waals surface area contributed by atoms with Gasteiger partial charge in [-0.2, -0.15) is 13.2 Å². The summed E-state index contributed by atoms with van der Waals surface area (Å²) in [6, 6.07) is 11.7. The Bertz CT molecular complexity index is 681. The van der Waals surface area contributed by atoms with Gasteiger partial charge in [0.25, 0.3) is 0 Å². The van der Waals surface area contributed by atoms with Crippen LogP contribution in [0.4, 0.5) is 13.2 Å². The molecular formula is C22H26F3N. The Kier molecular flexibility index (Phi) is 6.00. The summed E-state index contributed by atoms with van der Waals surface area (Å²) in [5, 5.41) is 0. The predicted octanol–water partition coefficient (Wildman–Crippen LogP) is 6.88. The number of unbranched alkanes of at least 4 members (excludes halogenated alkanes) is 1. The minimum Gasteiger partial charge on any atom is -0.251 e. The van der Waals surface area contributed by atoms with E-state index in [1.807, 2.05) is 0 Å². The summed E-state index contributed by atoms with van der Waals surface area (Å²) >= 11 is 0. The Morgan fingerprint density at radius 3 is 1.96 bits per heavy atom. The number of halogens is 3. The van der Waals surface area contributed by atoms with Crippen molar-refractivity contribution >= 4 is 0 Å². The van der Waals surface area contributed by atoms with Gasteiger partial charge < -0.3 is 0 Å². The molecule has 1 aliphatic rings. The summed E-state index contributed by atoms with van der Waals surface area (Å²) in [6.45, 7) is 2.21. The van der Waals surface area contributed by atoms with E-state index in [2.05, 4.69) is 36.2 Å². The Morgan fingerprint density at radius 2 is 1.46 bits per heavy atom. The average molecular weight is 361 g/mol. The summed E-state index contributed by atoms with van der Waals surface area (Å²) in [7, 11) is 0. The molecule has 0 bridgehead atoms. The quantitative estimate of drug-likeness (QED) is 0.565. The molecule has 0 spiro atoms. The van der Waals surface area contributed by atoms with Crippen LogP contribution in [-0.4, -0.2) is 4.98 Å². The molecule has 1 saturated carbocycles. The third kappa shape index (κ3) is 4.66. The molecule has 140 valence electrons. The first kappa shape index (κ1) is 18.9. The Morgan fingerprint density at radius 1 is 0.885 bits per heavy atom. The molecular weight excluding hydrogens is 335 g/mol. The van der Waals surface area contributed by atoms with Gasteiger partial charge in [-0.15, -0.1) is 0 Å². The minimum absolute atomic E-state index is 0.324. The topological polar surface area (TPSA) is 12.9 Å². The summed E-state index contributed by atoms with van der Waals surface area (Å²) in [5.74, 6) is 0.888. The first-order valence-corrected chi connectivity index (χ1v) is 9.59. The molecule has 3 rings (SSSR count). The lowest BCUT2D eigenvalue weighted by atomic mass is 9.76. The van der Waals surface area contributed by atoms with E-state index in [4.69, 9.17) is 0 Å². The van der Waals surface area contributed by atoms with E-state index in [0.29, 0.717) is 11.8 Å². The number of hydrogen-bond donors (Lipinski definition) is 0. The van der Waals surface area contributed by atoms with Gasteiger partial charge in [0.15, 0.2) is 0 Å². The van der Waals surface area contributed by atoms with E-state index in [9.17, 15) is 13.2 Å². The van der Waals surface area contributed by atoms with Crippen molar-refractivity contribution in [2.24, 2.45) is 0 Å². The first-order valence-electron chi connectivity index (χ1n) is 9.59. The van der Waals surface area contributed by atoms with Gasteiger partial charge in [0.05, 0.1) is 0 Å². The fraction of sp³-hybridized carbons (Fsp3) is 0.500. The van der Waals surface area contributed by atoms with Crippen LogP contribution in [0.5, 0.6) is 0 Å². The molecule has 0 saturated heterocycles. The van der Waals surface area contributed by atoms with Crippen LogP contribution < -0.4 is 0 Å². The molecule has 0 aliphatic heterocycles. The van der Waals surface area contributed by atoms with Crippen LogP contribution in [0.1, 0.15) is 79.7 Å². The van der Waals surface area contributed by atoms with Crippen LogP contribution in [0.2, 0.25) is 0 Å².